The number of alkyl halides is 3. The molecule has 2 aromatic rings. The first-order chi connectivity index (χ1) is 8.34. The minimum Gasteiger partial charge on any atom is -0.478 e. The summed E-state index contributed by atoms with van der Waals surface area (Å²) in [5.74, 6) is -2.21. The third kappa shape index (κ3) is 1.94. The molecule has 0 amide bonds. The molecule has 4 nitrogen and oxygen atoms in total. The van der Waals surface area contributed by atoms with Crippen molar-refractivity contribution in [2.45, 2.75) is 13.0 Å². The summed E-state index contributed by atoms with van der Waals surface area (Å²) in [7, 11) is 0.109. The molecule has 8 heteroatoms. The number of rotatable bonds is 2. The quantitative estimate of drug-likeness (QED) is 0.836. The van der Waals surface area contributed by atoms with Gasteiger partial charge in [-0.05, 0) is 18.2 Å². The maximum absolute atomic E-state index is 12.7. The van der Waals surface area contributed by atoms with Gasteiger partial charge < -0.3 is 9.58 Å². The molecule has 1 N–H and O–H groups in total. The molecule has 2 rings (SSSR count). The van der Waals surface area contributed by atoms with Gasteiger partial charge in [0.1, 0.15) is 0 Å². The summed E-state index contributed by atoms with van der Waals surface area (Å²) in [4.78, 5) is 14.2. The number of hydrogen-bond acceptors (Lipinski definition) is 2. The first-order valence-electron chi connectivity index (χ1n) is 5.15. The van der Waals surface area contributed by atoms with Crippen LogP contribution in [0.25, 0.3) is 11.0 Å². The highest BCUT2D eigenvalue weighted by atomic mass is 19.4. The lowest BCUT2D eigenvalue weighted by Gasteiger charge is -2.08. The highest BCUT2D eigenvalue weighted by Gasteiger charge is 2.37. The van der Waals surface area contributed by atoms with E-state index in [1.165, 1.54) is 12.1 Å². The molecule has 1 aromatic carbocycles. The zero-order valence-electron chi connectivity index (χ0n) is 9.32. The van der Waals surface area contributed by atoms with E-state index in [4.69, 9.17) is 5.11 Å². The van der Waals surface area contributed by atoms with Crippen LogP contribution in [-0.4, -0.2) is 28.0 Å². The van der Waals surface area contributed by atoms with Gasteiger partial charge >= 0.3 is 12.1 Å². The van der Waals surface area contributed by atoms with Gasteiger partial charge in [-0.1, -0.05) is 6.82 Å². The molecule has 0 spiro atoms. The zero-order valence-corrected chi connectivity index (χ0v) is 9.32. The molecule has 0 fully saturated rings. The Labute approximate surface area is 100 Å². The van der Waals surface area contributed by atoms with E-state index in [0.717, 1.165) is 10.5 Å². The number of carbonyl (C=O) groups is 1. The van der Waals surface area contributed by atoms with Crippen LogP contribution in [0.3, 0.4) is 0 Å². The molecule has 0 saturated heterocycles. The molecule has 94 valence electrons. The second kappa shape index (κ2) is 4.04. The van der Waals surface area contributed by atoms with Gasteiger partial charge in [-0.3, -0.25) is 0 Å². The average Bonchev–Trinajstić information content (AvgIpc) is 2.65. The van der Waals surface area contributed by atoms with Crippen LogP contribution in [0.4, 0.5) is 13.2 Å². The highest BCUT2D eigenvalue weighted by Crippen LogP contribution is 2.31. The molecule has 1 aromatic heterocycles. The standard InChI is InChI=1S/C10H8BF3N2O2/c1-11-16-7-3-2-5(8(17)18)4-6(7)15-9(16)10(12,13)14/h2-4,11H,1H3,(H,17,18). The number of fused-ring (bicyclic) bond motifs is 1. The monoisotopic (exact) mass is 256 g/mol. The van der Waals surface area contributed by atoms with E-state index in [2.05, 4.69) is 4.98 Å². The van der Waals surface area contributed by atoms with E-state index >= 15 is 0 Å². The summed E-state index contributed by atoms with van der Waals surface area (Å²) in [5, 5.41) is 8.78. The number of benzene rings is 1. The molecular formula is C10H8BF3N2O2. The third-order valence-electron chi connectivity index (χ3n) is 2.56. The lowest BCUT2D eigenvalue weighted by molar-refractivity contribution is -0.145. The molecule has 0 aliphatic heterocycles. The third-order valence-corrected chi connectivity index (χ3v) is 2.56. The highest BCUT2D eigenvalue weighted by molar-refractivity contribution is 6.33. The van der Waals surface area contributed by atoms with Crippen molar-refractivity contribution in [3.8, 4) is 0 Å². The van der Waals surface area contributed by atoms with Crippen molar-refractivity contribution >= 4 is 24.4 Å². The fourth-order valence-electron chi connectivity index (χ4n) is 1.80. The predicted octanol–water partition coefficient (Wildman–Crippen LogP) is 2.00. The number of carboxylic acids is 1. The molecule has 1 heterocycles. The largest absolute Gasteiger partial charge is 0.478 e. The summed E-state index contributed by atoms with van der Waals surface area (Å²) in [6.45, 7) is 1.57. The van der Waals surface area contributed by atoms with E-state index in [1.807, 2.05) is 0 Å². The lowest BCUT2D eigenvalue weighted by Crippen LogP contribution is -2.16. The summed E-state index contributed by atoms with van der Waals surface area (Å²) in [6, 6.07) is 3.74. The lowest BCUT2D eigenvalue weighted by atomic mass is 9.98. The summed E-state index contributed by atoms with van der Waals surface area (Å²) in [6.07, 6.45) is -4.56. The average molecular weight is 256 g/mol. The topological polar surface area (TPSA) is 55.1 Å². The number of halogens is 3. The van der Waals surface area contributed by atoms with E-state index in [0.29, 0.717) is 0 Å². The zero-order chi connectivity index (χ0) is 13.5. The van der Waals surface area contributed by atoms with E-state index in [9.17, 15) is 18.0 Å². The number of aromatic carboxylic acids is 1. The number of aromatic nitrogens is 2. The summed E-state index contributed by atoms with van der Waals surface area (Å²) >= 11 is 0. The van der Waals surface area contributed by atoms with Gasteiger partial charge in [0, 0.05) is 0 Å². The summed E-state index contributed by atoms with van der Waals surface area (Å²) in [5.41, 5.74) is 0.218. The van der Waals surface area contributed by atoms with Gasteiger partial charge in [-0.25, -0.2) is 9.78 Å². The minimum absolute atomic E-state index is 0.0316. The molecule has 0 saturated carbocycles. The Morgan fingerprint density at radius 3 is 2.61 bits per heavy atom. The molecule has 0 aliphatic rings. The Kier molecular flexibility index (Phi) is 2.80. The van der Waals surface area contributed by atoms with Crippen LogP contribution >= 0.6 is 0 Å². The predicted molar refractivity (Wildman–Crippen MR) is 60.1 cm³/mol. The van der Waals surface area contributed by atoms with Crippen LogP contribution < -0.4 is 0 Å². The van der Waals surface area contributed by atoms with Gasteiger partial charge in [-0.2, -0.15) is 13.2 Å². The van der Waals surface area contributed by atoms with Crippen molar-refractivity contribution in [1.82, 2.24) is 9.46 Å². The molecular weight excluding hydrogens is 248 g/mol. The van der Waals surface area contributed by atoms with Crippen molar-refractivity contribution in [2.24, 2.45) is 0 Å². The van der Waals surface area contributed by atoms with E-state index in [-0.39, 0.29) is 24.0 Å². The van der Waals surface area contributed by atoms with Crippen LogP contribution in [0.5, 0.6) is 0 Å². The molecule has 0 aliphatic carbocycles. The Hall–Kier alpha value is -1.99. The SMILES string of the molecule is CBn1c(C(F)(F)F)nc2cc(C(=O)O)ccc21. The van der Waals surface area contributed by atoms with Gasteiger partial charge in [0.15, 0.2) is 0 Å². The number of carboxylic acid groups (broad SMARTS) is 1. The van der Waals surface area contributed by atoms with Crippen molar-refractivity contribution in [3.63, 3.8) is 0 Å². The van der Waals surface area contributed by atoms with Crippen LogP contribution in [0.1, 0.15) is 16.2 Å². The molecule has 0 atom stereocenters. The maximum Gasteiger partial charge on any atom is 0.448 e. The van der Waals surface area contributed by atoms with Crippen LogP contribution in [0, 0.1) is 0 Å². The van der Waals surface area contributed by atoms with Crippen LogP contribution in [0.15, 0.2) is 18.2 Å². The van der Waals surface area contributed by atoms with Crippen molar-refractivity contribution in [1.29, 1.82) is 0 Å². The second-order valence-corrected chi connectivity index (χ2v) is 3.69. The Bertz CT molecular complexity index is 621. The smallest absolute Gasteiger partial charge is 0.448 e. The van der Waals surface area contributed by atoms with Crippen molar-refractivity contribution < 1.29 is 23.1 Å². The van der Waals surface area contributed by atoms with Gasteiger partial charge in [0.05, 0.1) is 16.6 Å². The molecule has 0 unspecified atom stereocenters. The molecule has 0 radical (unpaired) electrons. The Balaban J connectivity index is 2.72. The van der Waals surface area contributed by atoms with Crippen LogP contribution in [-0.2, 0) is 6.18 Å². The Morgan fingerprint density at radius 1 is 1.44 bits per heavy atom. The number of imidazole rings is 1. The van der Waals surface area contributed by atoms with Crippen molar-refractivity contribution in [2.75, 3.05) is 0 Å². The minimum atomic E-state index is -4.56. The fraction of sp³-hybridized carbons (Fsp3) is 0.200. The van der Waals surface area contributed by atoms with Crippen molar-refractivity contribution in [3.05, 3.63) is 29.6 Å². The second-order valence-electron chi connectivity index (χ2n) is 3.69. The summed E-state index contributed by atoms with van der Waals surface area (Å²) < 4.78 is 39.2. The van der Waals surface area contributed by atoms with Gasteiger partial charge in [0.25, 0.3) is 0 Å². The normalized spacial score (nSPS) is 11.8. The van der Waals surface area contributed by atoms with Gasteiger partial charge in [-0.15, -0.1) is 0 Å². The first kappa shape index (κ1) is 12.5. The van der Waals surface area contributed by atoms with Gasteiger partial charge in [0.2, 0.25) is 13.2 Å². The number of hydrogen-bond donors (Lipinski definition) is 1. The van der Waals surface area contributed by atoms with E-state index in [1.54, 1.807) is 6.82 Å². The Morgan fingerprint density at radius 2 is 2.11 bits per heavy atom. The van der Waals surface area contributed by atoms with Crippen LogP contribution in [0.2, 0.25) is 6.82 Å². The fourth-order valence-corrected chi connectivity index (χ4v) is 1.80. The maximum atomic E-state index is 12.7. The first-order valence-corrected chi connectivity index (χ1v) is 5.15. The van der Waals surface area contributed by atoms with E-state index < -0.39 is 18.0 Å². The molecule has 0 bridgehead atoms. The molecule has 18 heavy (non-hydrogen) atoms. The number of nitrogens with zero attached hydrogens (tertiary/aromatic N) is 2.